The summed E-state index contributed by atoms with van der Waals surface area (Å²) in [5.74, 6) is 1.16. The van der Waals surface area contributed by atoms with Crippen molar-refractivity contribution in [3.05, 3.63) is 21.4 Å². The average molecular weight is 349 g/mol. The lowest BCUT2D eigenvalue weighted by molar-refractivity contribution is -0.125. The van der Waals surface area contributed by atoms with Crippen LogP contribution in [-0.2, 0) is 17.6 Å². The summed E-state index contributed by atoms with van der Waals surface area (Å²) in [5.41, 5.74) is 1.22. The van der Waals surface area contributed by atoms with Crippen molar-refractivity contribution in [2.45, 2.75) is 52.4 Å². The van der Waals surface area contributed by atoms with E-state index < -0.39 is 0 Å². The smallest absolute Gasteiger partial charge is 0.263 e. The predicted octanol–water partition coefficient (Wildman–Crippen LogP) is 3.25. The Hall–Kier alpha value is -1.36. The van der Waals surface area contributed by atoms with Gasteiger partial charge in [-0.15, -0.1) is 11.3 Å². The summed E-state index contributed by atoms with van der Waals surface area (Å²) in [4.78, 5) is 29.1. The van der Waals surface area contributed by atoms with Crippen LogP contribution in [0.2, 0.25) is 0 Å². The molecule has 2 aliphatic rings. The van der Waals surface area contributed by atoms with Gasteiger partial charge in [-0.3, -0.25) is 9.59 Å². The normalized spacial score (nSPS) is 21.4. The van der Waals surface area contributed by atoms with E-state index in [0.717, 1.165) is 69.0 Å². The largest absolute Gasteiger partial charge is 0.356 e. The number of thiophene rings is 1. The van der Waals surface area contributed by atoms with Gasteiger partial charge < -0.3 is 10.2 Å². The topological polar surface area (TPSA) is 49.4 Å². The molecule has 4 nitrogen and oxygen atoms in total. The molecule has 0 radical (unpaired) electrons. The lowest BCUT2D eigenvalue weighted by Crippen LogP contribution is -2.37. The number of piperidine rings is 1. The molecule has 2 heterocycles. The highest BCUT2D eigenvalue weighted by atomic mass is 32.1. The Morgan fingerprint density at radius 2 is 2.04 bits per heavy atom. The fraction of sp³-hybridized carbons (Fsp3) is 0.684. The summed E-state index contributed by atoms with van der Waals surface area (Å²) in [6.07, 6.45) is 5.79. The highest BCUT2D eigenvalue weighted by Gasteiger charge is 2.29. The number of amides is 2. The molecule has 0 spiro atoms. The fourth-order valence-corrected chi connectivity index (χ4v) is 4.79. The number of hydrogen-bond acceptors (Lipinski definition) is 3. The molecule has 0 saturated carbocycles. The Kier molecular flexibility index (Phi) is 5.59. The maximum atomic E-state index is 12.7. The van der Waals surface area contributed by atoms with Crippen molar-refractivity contribution >= 4 is 23.2 Å². The molecule has 1 fully saturated rings. The van der Waals surface area contributed by atoms with Crippen molar-refractivity contribution in [1.82, 2.24) is 10.2 Å². The first-order valence-electron chi connectivity index (χ1n) is 9.27. The van der Waals surface area contributed by atoms with E-state index in [4.69, 9.17) is 0 Å². The number of nitrogens with zero attached hydrogens (tertiary/aromatic N) is 1. The number of fused-ring (bicyclic) bond motifs is 1. The Morgan fingerprint density at radius 1 is 1.29 bits per heavy atom. The first-order chi connectivity index (χ1) is 11.6. The molecule has 2 amide bonds. The molecular weight excluding hydrogens is 320 g/mol. The second-order valence-corrected chi connectivity index (χ2v) is 8.40. The van der Waals surface area contributed by atoms with Crippen LogP contribution in [0.5, 0.6) is 0 Å². The Bertz CT molecular complexity index is 603. The maximum absolute atomic E-state index is 12.7. The molecule has 0 bridgehead atoms. The molecule has 1 aromatic heterocycles. The average Bonchev–Trinajstić information content (AvgIpc) is 3.02. The highest BCUT2D eigenvalue weighted by Crippen LogP contribution is 2.33. The molecule has 0 aromatic carbocycles. The third-order valence-electron chi connectivity index (χ3n) is 5.28. The van der Waals surface area contributed by atoms with Gasteiger partial charge in [0.05, 0.1) is 4.88 Å². The number of hydrogen-bond donors (Lipinski definition) is 1. The quantitative estimate of drug-likeness (QED) is 0.908. The van der Waals surface area contributed by atoms with Crippen LogP contribution >= 0.6 is 11.3 Å². The summed E-state index contributed by atoms with van der Waals surface area (Å²) in [5, 5.41) is 3.01. The van der Waals surface area contributed by atoms with E-state index in [9.17, 15) is 9.59 Å². The molecule has 24 heavy (non-hydrogen) atoms. The minimum atomic E-state index is 0.0671. The molecule has 5 heteroatoms. The lowest BCUT2D eigenvalue weighted by atomic mass is 9.87. The van der Waals surface area contributed by atoms with Crippen molar-refractivity contribution < 1.29 is 9.59 Å². The monoisotopic (exact) mass is 348 g/mol. The summed E-state index contributed by atoms with van der Waals surface area (Å²) in [6, 6.07) is 2.06. The van der Waals surface area contributed by atoms with Crippen LogP contribution in [0.3, 0.4) is 0 Å². The van der Waals surface area contributed by atoms with Gasteiger partial charge >= 0.3 is 0 Å². The zero-order valence-corrected chi connectivity index (χ0v) is 15.6. The third kappa shape index (κ3) is 3.82. The lowest BCUT2D eigenvalue weighted by Gasteiger charge is -2.29. The van der Waals surface area contributed by atoms with Crippen LogP contribution in [0.25, 0.3) is 0 Å². The number of likely N-dealkylation sites (tertiary alicyclic amines) is 1. The minimum absolute atomic E-state index is 0.0671. The van der Waals surface area contributed by atoms with Crippen molar-refractivity contribution in [3.8, 4) is 0 Å². The van der Waals surface area contributed by atoms with Gasteiger partial charge in [0.25, 0.3) is 5.91 Å². The minimum Gasteiger partial charge on any atom is -0.356 e. The molecule has 132 valence electrons. The van der Waals surface area contributed by atoms with Crippen LogP contribution in [0, 0.1) is 11.8 Å². The zero-order valence-electron chi connectivity index (χ0n) is 14.8. The van der Waals surface area contributed by atoms with Crippen LogP contribution < -0.4 is 5.32 Å². The molecule has 1 aromatic rings. The highest BCUT2D eigenvalue weighted by molar-refractivity contribution is 7.14. The van der Waals surface area contributed by atoms with Gasteiger partial charge in [-0.05, 0) is 56.1 Å². The predicted molar refractivity (Wildman–Crippen MR) is 97.4 cm³/mol. The standard InChI is InChI=1S/C19H28N2O2S/c1-3-8-20-18(22)14-4-5-16-15(11-14)12-17(24-16)19(23)21-9-6-13(2)7-10-21/h12-14H,3-11H2,1-2H3,(H,20,22). The van der Waals surface area contributed by atoms with E-state index in [1.807, 2.05) is 4.90 Å². The van der Waals surface area contributed by atoms with Crippen molar-refractivity contribution in [3.63, 3.8) is 0 Å². The molecule has 1 unspecified atom stereocenters. The summed E-state index contributed by atoms with van der Waals surface area (Å²) < 4.78 is 0. The van der Waals surface area contributed by atoms with Crippen LogP contribution in [0.15, 0.2) is 6.07 Å². The molecule has 1 N–H and O–H groups in total. The summed E-state index contributed by atoms with van der Waals surface area (Å²) >= 11 is 1.65. The fourth-order valence-electron chi connectivity index (χ4n) is 3.61. The molecule has 1 saturated heterocycles. The SMILES string of the molecule is CCCNC(=O)C1CCc2sc(C(=O)N3CCC(C)CC3)cc2C1. The van der Waals surface area contributed by atoms with Gasteiger partial charge in [0.2, 0.25) is 5.91 Å². The number of carbonyl (C=O) groups excluding carboxylic acids is 2. The second kappa shape index (κ2) is 7.68. The zero-order chi connectivity index (χ0) is 17.1. The maximum Gasteiger partial charge on any atom is 0.263 e. The van der Waals surface area contributed by atoms with Gasteiger partial charge in [-0.2, -0.15) is 0 Å². The van der Waals surface area contributed by atoms with Gasteiger partial charge in [0.15, 0.2) is 0 Å². The van der Waals surface area contributed by atoms with E-state index in [2.05, 4.69) is 25.2 Å². The van der Waals surface area contributed by atoms with E-state index in [1.54, 1.807) is 11.3 Å². The van der Waals surface area contributed by atoms with Gasteiger partial charge in [0, 0.05) is 30.4 Å². The first-order valence-corrected chi connectivity index (χ1v) is 10.1. The van der Waals surface area contributed by atoms with Gasteiger partial charge in [-0.25, -0.2) is 0 Å². The summed E-state index contributed by atoms with van der Waals surface area (Å²) in [7, 11) is 0. The molecule has 1 aliphatic heterocycles. The Balaban J connectivity index is 1.64. The summed E-state index contributed by atoms with van der Waals surface area (Å²) in [6.45, 7) is 6.84. The van der Waals surface area contributed by atoms with Gasteiger partial charge in [0.1, 0.15) is 0 Å². The van der Waals surface area contributed by atoms with E-state index in [1.165, 1.54) is 10.4 Å². The van der Waals surface area contributed by atoms with Crippen molar-refractivity contribution in [1.29, 1.82) is 0 Å². The van der Waals surface area contributed by atoms with Crippen LogP contribution in [-0.4, -0.2) is 36.3 Å². The van der Waals surface area contributed by atoms with E-state index in [-0.39, 0.29) is 17.7 Å². The van der Waals surface area contributed by atoms with E-state index >= 15 is 0 Å². The molecule has 3 rings (SSSR count). The number of aryl methyl sites for hydroxylation is 1. The Morgan fingerprint density at radius 3 is 2.75 bits per heavy atom. The molecule has 1 atom stereocenters. The van der Waals surface area contributed by atoms with E-state index in [0.29, 0.717) is 0 Å². The van der Waals surface area contributed by atoms with Crippen LogP contribution in [0.4, 0.5) is 0 Å². The molecule has 1 aliphatic carbocycles. The Labute approximate surface area is 148 Å². The number of rotatable bonds is 4. The van der Waals surface area contributed by atoms with Crippen LogP contribution in [0.1, 0.15) is 59.6 Å². The van der Waals surface area contributed by atoms with Crippen molar-refractivity contribution in [2.24, 2.45) is 11.8 Å². The molecular formula is C19H28N2O2S. The van der Waals surface area contributed by atoms with Crippen molar-refractivity contribution in [2.75, 3.05) is 19.6 Å². The third-order valence-corrected chi connectivity index (χ3v) is 6.51. The number of carbonyl (C=O) groups is 2. The first kappa shape index (κ1) is 17.5. The second-order valence-electron chi connectivity index (χ2n) is 7.26. The van der Waals surface area contributed by atoms with Gasteiger partial charge in [-0.1, -0.05) is 13.8 Å². The number of nitrogens with one attached hydrogen (secondary N) is 1.